The lowest BCUT2D eigenvalue weighted by molar-refractivity contribution is -0.122. The molecule has 2 amide bonds. The average Bonchev–Trinajstić information content (AvgIpc) is 3.50. The molecular formula is C28H17FN4O3S2. The van der Waals surface area contributed by atoms with Crippen molar-refractivity contribution >= 4 is 57.2 Å². The fourth-order valence-electron chi connectivity index (χ4n) is 4.11. The van der Waals surface area contributed by atoms with Crippen LogP contribution in [0.2, 0.25) is 0 Å². The Morgan fingerprint density at radius 3 is 2.42 bits per heavy atom. The number of halogens is 1. The number of thiazole rings is 1. The number of thiocarbonyl (C=S) groups is 1. The highest BCUT2D eigenvalue weighted by Gasteiger charge is 2.35. The Morgan fingerprint density at radius 2 is 1.66 bits per heavy atom. The third kappa shape index (κ3) is 4.25. The zero-order chi connectivity index (χ0) is 26.2. The van der Waals surface area contributed by atoms with Crippen molar-refractivity contribution in [2.75, 3.05) is 4.90 Å². The number of para-hydroxylation sites is 1. The first-order chi connectivity index (χ1) is 18.5. The number of carbonyl (C=O) groups excluding carboxylic acids is 2. The van der Waals surface area contributed by atoms with Gasteiger partial charge in [-0.1, -0.05) is 30.3 Å². The predicted molar refractivity (Wildman–Crippen MR) is 148 cm³/mol. The van der Waals surface area contributed by atoms with Gasteiger partial charge in [-0.25, -0.2) is 9.37 Å². The minimum absolute atomic E-state index is 0.0443. The number of carbonyl (C=O) groups is 2. The van der Waals surface area contributed by atoms with Gasteiger partial charge < -0.3 is 4.74 Å². The van der Waals surface area contributed by atoms with Gasteiger partial charge in [-0.15, -0.1) is 11.3 Å². The number of hydrogen-bond acceptors (Lipinski definition) is 6. The molecule has 10 heteroatoms. The number of nitrogens with zero attached hydrogens (tertiary/aromatic N) is 3. The van der Waals surface area contributed by atoms with Gasteiger partial charge in [0.1, 0.15) is 28.6 Å². The van der Waals surface area contributed by atoms with Crippen LogP contribution in [0.25, 0.3) is 22.3 Å². The number of anilines is 1. The molecule has 186 valence electrons. The molecule has 1 aliphatic rings. The van der Waals surface area contributed by atoms with Crippen molar-refractivity contribution in [1.29, 1.82) is 0 Å². The minimum atomic E-state index is -0.648. The largest absolute Gasteiger partial charge is 0.457 e. The van der Waals surface area contributed by atoms with Crippen LogP contribution in [0, 0.1) is 5.82 Å². The van der Waals surface area contributed by atoms with Crippen LogP contribution in [-0.4, -0.2) is 26.3 Å². The Balaban J connectivity index is 1.37. The van der Waals surface area contributed by atoms with Crippen molar-refractivity contribution in [3.8, 4) is 22.8 Å². The number of hydrogen-bond donors (Lipinski definition) is 1. The van der Waals surface area contributed by atoms with E-state index in [-0.39, 0.29) is 16.2 Å². The zero-order valence-corrected chi connectivity index (χ0v) is 21.1. The van der Waals surface area contributed by atoms with E-state index in [1.54, 1.807) is 53.1 Å². The normalized spacial score (nSPS) is 14.8. The van der Waals surface area contributed by atoms with Gasteiger partial charge in [0, 0.05) is 17.1 Å². The van der Waals surface area contributed by atoms with Crippen LogP contribution in [0.1, 0.15) is 5.69 Å². The van der Waals surface area contributed by atoms with Crippen molar-refractivity contribution in [1.82, 2.24) is 14.7 Å². The van der Waals surface area contributed by atoms with Crippen LogP contribution in [-0.2, 0) is 9.59 Å². The van der Waals surface area contributed by atoms with Gasteiger partial charge in [0.25, 0.3) is 11.8 Å². The molecule has 0 bridgehead atoms. The molecule has 1 saturated heterocycles. The van der Waals surface area contributed by atoms with Crippen LogP contribution in [0.4, 0.5) is 10.1 Å². The number of fused-ring (bicyclic) bond motifs is 1. The van der Waals surface area contributed by atoms with Crippen molar-refractivity contribution in [3.05, 3.63) is 108 Å². The molecule has 38 heavy (non-hydrogen) atoms. The van der Waals surface area contributed by atoms with Crippen molar-refractivity contribution in [2.45, 2.75) is 0 Å². The summed E-state index contributed by atoms with van der Waals surface area (Å²) in [5.41, 5.74) is 1.29. The topological polar surface area (TPSA) is 75.9 Å². The highest BCUT2D eigenvalue weighted by atomic mass is 32.1. The molecule has 3 heterocycles. The SMILES string of the molecule is O=C1NC(=S)N(c2ccc(Oc3ccccc3)cc2)C(=O)C1=Cc1c(-c2ccccc2F)nc2sccn12. The maximum atomic E-state index is 14.7. The summed E-state index contributed by atoms with van der Waals surface area (Å²) in [6.07, 6.45) is 3.18. The molecule has 6 rings (SSSR count). The molecule has 0 saturated carbocycles. The fourth-order valence-corrected chi connectivity index (χ4v) is 5.11. The zero-order valence-electron chi connectivity index (χ0n) is 19.5. The van der Waals surface area contributed by atoms with Gasteiger partial charge >= 0.3 is 0 Å². The highest BCUT2D eigenvalue weighted by Crippen LogP contribution is 2.32. The first-order valence-electron chi connectivity index (χ1n) is 11.4. The van der Waals surface area contributed by atoms with Crippen LogP contribution in [0.5, 0.6) is 11.5 Å². The lowest BCUT2D eigenvalue weighted by Crippen LogP contribution is -2.54. The van der Waals surface area contributed by atoms with E-state index in [1.165, 1.54) is 28.4 Å². The summed E-state index contributed by atoms with van der Waals surface area (Å²) in [5.74, 6) is -0.472. The fraction of sp³-hybridized carbons (Fsp3) is 0. The standard InChI is InChI=1S/C28H17FN4O3S2/c29-22-9-5-4-8-20(22)24-23(32-14-15-38-28(32)30-24)16-21-25(34)31-27(37)33(26(21)35)17-10-12-19(13-11-17)36-18-6-2-1-3-7-18/h1-16H,(H,31,34,37). The van der Waals surface area contributed by atoms with Gasteiger partial charge in [0.15, 0.2) is 10.1 Å². The lowest BCUT2D eigenvalue weighted by atomic mass is 10.1. The molecule has 0 unspecified atom stereocenters. The molecule has 1 fully saturated rings. The summed E-state index contributed by atoms with van der Waals surface area (Å²) >= 11 is 6.69. The van der Waals surface area contributed by atoms with Crippen LogP contribution in [0.3, 0.4) is 0 Å². The van der Waals surface area contributed by atoms with Crippen molar-refractivity contribution in [2.24, 2.45) is 0 Å². The molecule has 0 aliphatic carbocycles. The summed E-state index contributed by atoms with van der Waals surface area (Å²) in [6.45, 7) is 0. The molecule has 1 aliphatic heterocycles. The van der Waals surface area contributed by atoms with Crippen LogP contribution < -0.4 is 15.0 Å². The summed E-state index contributed by atoms with van der Waals surface area (Å²) < 4.78 is 22.2. The molecule has 0 spiro atoms. The molecule has 3 aromatic carbocycles. The number of ether oxygens (including phenoxy) is 1. The monoisotopic (exact) mass is 540 g/mol. The predicted octanol–water partition coefficient (Wildman–Crippen LogP) is 5.83. The molecule has 1 N–H and O–H groups in total. The van der Waals surface area contributed by atoms with E-state index in [1.807, 2.05) is 35.7 Å². The Labute approximate surface area is 225 Å². The Bertz CT molecular complexity index is 1740. The number of imidazole rings is 1. The second kappa shape index (κ2) is 9.66. The van der Waals surface area contributed by atoms with E-state index in [4.69, 9.17) is 17.0 Å². The second-order valence-electron chi connectivity index (χ2n) is 8.25. The van der Waals surface area contributed by atoms with E-state index in [9.17, 15) is 14.0 Å². The quantitative estimate of drug-likeness (QED) is 0.173. The molecule has 7 nitrogen and oxygen atoms in total. The molecule has 0 atom stereocenters. The second-order valence-corrected chi connectivity index (χ2v) is 9.51. The number of amides is 2. The smallest absolute Gasteiger partial charge is 0.270 e. The van der Waals surface area contributed by atoms with E-state index >= 15 is 0 Å². The van der Waals surface area contributed by atoms with Gasteiger partial charge in [-0.3, -0.25) is 24.2 Å². The Kier molecular flexibility index (Phi) is 6.02. The van der Waals surface area contributed by atoms with Crippen LogP contribution >= 0.6 is 23.6 Å². The van der Waals surface area contributed by atoms with E-state index in [0.717, 1.165) is 0 Å². The van der Waals surface area contributed by atoms with Crippen LogP contribution in [0.15, 0.2) is 96.0 Å². The molecule has 5 aromatic rings. The van der Waals surface area contributed by atoms with Crippen molar-refractivity contribution in [3.63, 3.8) is 0 Å². The van der Waals surface area contributed by atoms with E-state index in [2.05, 4.69) is 10.3 Å². The van der Waals surface area contributed by atoms with Gasteiger partial charge in [-0.05, 0) is 66.8 Å². The number of nitrogens with one attached hydrogen (secondary N) is 1. The average molecular weight is 541 g/mol. The van der Waals surface area contributed by atoms with Crippen molar-refractivity contribution < 1.29 is 18.7 Å². The first-order valence-corrected chi connectivity index (χ1v) is 12.7. The maximum Gasteiger partial charge on any atom is 0.270 e. The third-order valence-electron chi connectivity index (χ3n) is 5.88. The molecule has 0 radical (unpaired) electrons. The summed E-state index contributed by atoms with van der Waals surface area (Å²) in [5, 5.41) is 4.36. The first kappa shape index (κ1) is 23.7. The van der Waals surface area contributed by atoms with Gasteiger partial charge in [-0.2, -0.15) is 0 Å². The third-order valence-corrected chi connectivity index (χ3v) is 6.93. The number of benzene rings is 3. The highest BCUT2D eigenvalue weighted by molar-refractivity contribution is 7.80. The summed E-state index contributed by atoms with van der Waals surface area (Å²) in [7, 11) is 0. The van der Waals surface area contributed by atoms with E-state index in [0.29, 0.717) is 33.5 Å². The molecule has 2 aromatic heterocycles. The van der Waals surface area contributed by atoms with E-state index < -0.39 is 17.6 Å². The lowest BCUT2D eigenvalue weighted by Gasteiger charge is -2.29. The summed E-state index contributed by atoms with van der Waals surface area (Å²) in [6, 6.07) is 22.3. The number of aromatic nitrogens is 2. The minimum Gasteiger partial charge on any atom is -0.457 e. The Hall–Kier alpha value is -4.67. The molecular weight excluding hydrogens is 523 g/mol. The Morgan fingerprint density at radius 1 is 0.947 bits per heavy atom. The summed E-state index contributed by atoms with van der Waals surface area (Å²) in [4.78, 5) is 32.9. The number of rotatable bonds is 5. The van der Waals surface area contributed by atoms with Gasteiger partial charge in [0.05, 0.1) is 11.4 Å². The van der Waals surface area contributed by atoms with Gasteiger partial charge in [0.2, 0.25) is 0 Å². The maximum absolute atomic E-state index is 14.7.